The number of fused-ring (bicyclic) bond motifs is 1. The second-order valence-corrected chi connectivity index (χ2v) is 6.95. The average molecular weight is 379 g/mol. The minimum absolute atomic E-state index is 0.243. The van der Waals surface area contributed by atoms with E-state index in [1.807, 2.05) is 36.5 Å². The molecule has 3 N–H and O–H groups in total. The largest absolute Gasteiger partial charge is 0.376 e. The maximum atomic E-state index is 5.59. The monoisotopic (exact) mass is 378 g/mol. The number of aromatic nitrogens is 1. The first-order valence-electron chi connectivity index (χ1n) is 9.16. The van der Waals surface area contributed by atoms with Gasteiger partial charge in [-0.15, -0.1) is 0 Å². The molecule has 27 heavy (non-hydrogen) atoms. The number of ether oxygens (including phenoxy) is 1. The van der Waals surface area contributed by atoms with E-state index < -0.39 is 0 Å². The molecule has 0 unspecified atom stereocenters. The summed E-state index contributed by atoms with van der Waals surface area (Å²) in [4.78, 5) is 3.50. The molecule has 1 aliphatic rings. The zero-order valence-corrected chi connectivity index (χ0v) is 15.8. The molecule has 3 aromatic rings. The Kier molecular flexibility index (Phi) is 5.46. The summed E-state index contributed by atoms with van der Waals surface area (Å²) in [5.41, 5.74) is 7.18. The van der Waals surface area contributed by atoms with Crippen LogP contribution in [0.1, 0.15) is 18.4 Å². The Hall–Kier alpha value is -2.70. The highest BCUT2D eigenvalue weighted by molar-refractivity contribution is 7.80. The zero-order valence-electron chi connectivity index (χ0n) is 14.9. The van der Waals surface area contributed by atoms with Crippen molar-refractivity contribution in [1.29, 1.82) is 0 Å². The normalized spacial score (nSPS) is 16.8. The van der Waals surface area contributed by atoms with E-state index in [4.69, 9.17) is 17.0 Å². The summed E-state index contributed by atoms with van der Waals surface area (Å²) in [5, 5.41) is 9.15. The summed E-state index contributed by atoms with van der Waals surface area (Å²) in [7, 11) is 0. The lowest BCUT2D eigenvalue weighted by molar-refractivity contribution is 0.114. The third-order valence-corrected chi connectivity index (χ3v) is 4.92. The number of hydrogen-bond acceptors (Lipinski definition) is 3. The smallest absolute Gasteiger partial charge is 0.187 e. The SMILES string of the molecule is S=C(NC[C@H]1CCCO1)N/N=C/c1c(-c2ccccc2)[nH]c2ccccc12. The van der Waals surface area contributed by atoms with Crippen LogP contribution < -0.4 is 10.7 Å². The molecule has 0 bridgehead atoms. The van der Waals surface area contributed by atoms with Gasteiger partial charge in [-0.05, 0) is 36.7 Å². The predicted octanol–water partition coefficient (Wildman–Crippen LogP) is 3.81. The number of rotatable bonds is 5. The van der Waals surface area contributed by atoms with Crippen LogP contribution in [-0.4, -0.2) is 35.6 Å². The van der Waals surface area contributed by atoms with Gasteiger partial charge in [0.15, 0.2) is 5.11 Å². The van der Waals surface area contributed by atoms with E-state index in [0.29, 0.717) is 11.7 Å². The molecule has 5 nitrogen and oxygen atoms in total. The van der Waals surface area contributed by atoms with Gasteiger partial charge in [0.1, 0.15) is 0 Å². The Morgan fingerprint density at radius 2 is 2.00 bits per heavy atom. The second-order valence-electron chi connectivity index (χ2n) is 6.54. The second kappa shape index (κ2) is 8.33. The number of hydrogen-bond donors (Lipinski definition) is 3. The van der Waals surface area contributed by atoms with Crippen molar-refractivity contribution in [3.63, 3.8) is 0 Å². The van der Waals surface area contributed by atoms with Crippen molar-refractivity contribution in [1.82, 2.24) is 15.7 Å². The lowest BCUT2D eigenvalue weighted by atomic mass is 10.1. The van der Waals surface area contributed by atoms with Crippen molar-refractivity contribution >= 4 is 34.4 Å². The molecule has 2 aromatic carbocycles. The van der Waals surface area contributed by atoms with Crippen LogP contribution in [0.25, 0.3) is 22.2 Å². The standard InChI is InChI=1S/C21H22N4OS/c27-21(22-13-16-9-6-12-26-16)25-23-14-18-17-10-4-5-11-19(17)24-20(18)15-7-2-1-3-8-15/h1-5,7-8,10-11,14,16,24H,6,9,12-13H2,(H2,22,25,27)/b23-14+/t16-/m1/s1. The summed E-state index contributed by atoms with van der Waals surface area (Å²) in [6.07, 6.45) is 4.26. The fourth-order valence-corrected chi connectivity index (χ4v) is 3.47. The van der Waals surface area contributed by atoms with Crippen molar-refractivity contribution in [3.8, 4) is 11.3 Å². The molecule has 0 amide bonds. The molecule has 4 rings (SSSR count). The van der Waals surface area contributed by atoms with Crippen molar-refractivity contribution in [2.24, 2.45) is 5.10 Å². The Morgan fingerprint density at radius 1 is 1.19 bits per heavy atom. The Bertz CT molecular complexity index is 945. The van der Waals surface area contributed by atoms with Gasteiger partial charge in [-0.25, -0.2) is 0 Å². The number of nitrogens with zero attached hydrogens (tertiary/aromatic N) is 1. The molecule has 2 heterocycles. The molecule has 6 heteroatoms. The minimum Gasteiger partial charge on any atom is -0.376 e. The summed E-state index contributed by atoms with van der Waals surface area (Å²) in [6.45, 7) is 1.55. The highest BCUT2D eigenvalue weighted by atomic mass is 32.1. The maximum Gasteiger partial charge on any atom is 0.187 e. The number of aromatic amines is 1. The van der Waals surface area contributed by atoms with Gasteiger partial charge in [0.05, 0.1) is 18.0 Å². The van der Waals surface area contributed by atoms with E-state index in [1.54, 1.807) is 0 Å². The van der Waals surface area contributed by atoms with Gasteiger partial charge in [-0.3, -0.25) is 5.43 Å². The molecule has 1 fully saturated rings. The molecular weight excluding hydrogens is 356 g/mol. The Morgan fingerprint density at radius 3 is 2.81 bits per heavy atom. The Labute approximate surface area is 163 Å². The number of nitrogens with one attached hydrogen (secondary N) is 3. The van der Waals surface area contributed by atoms with Crippen LogP contribution >= 0.6 is 12.2 Å². The van der Waals surface area contributed by atoms with Crippen molar-refractivity contribution in [2.45, 2.75) is 18.9 Å². The Balaban J connectivity index is 1.50. The quantitative estimate of drug-likeness (QED) is 0.359. The van der Waals surface area contributed by atoms with Gasteiger partial charge in [0.2, 0.25) is 0 Å². The molecule has 0 saturated carbocycles. The molecule has 1 saturated heterocycles. The van der Waals surface area contributed by atoms with Crippen LogP contribution in [0, 0.1) is 0 Å². The van der Waals surface area contributed by atoms with Crippen molar-refractivity contribution in [2.75, 3.05) is 13.2 Å². The first-order valence-corrected chi connectivity index (χ1v) is 9.57. The lowest BCUT2D eigenvalue weighted by Gasteiger charge is -2.11. The van der Waals surface area contributed by atoms with Crippen molar-refractivity contribution < 1.29 is 4.74 Å². The third-order valence-electron chi connectivity index (χ3n) is 4.68. The van der Waals surface area contributed by atoms with Gasteiger partial charge in [-0.1, -0.05) is 48.5 Å². The summed E-state index contributed by atoms with van der Waals surface area (Å²) in [6, 6.07) is 18.5. The van der Waals surface area contributed by atoms with E-state index in [9.17, 15) is 0 Å². The van der Waals surface area contributed by atoms with Crippen LogP contribution in [0.5, 0.6) is 0 Å². The molecule has 0 spiro atoms. The highest BCUT2D eigenvalue weighted by Gasteiger charge is 2.15. The number of para-hydroxylation sites is 1. The van der Waals surface area contributed by atoms with Crippen LogP contribution in [-0.2, 0) is 4.74 Å². The zero-order chi connectivity index (χ0) is 18.5. The van der Waals surface area contributed by atoms with Gasteiger partial charge in [0.25, 0.3) is 0 Å². The highest BCUT2D eigenvalue weighted by Crippen LogP contribution is 2.28. The molecule has 138 valence electrons. The van der Waals surface area contributed by atoms with Gasteiger partial charge < -0.3 is 15.0 Å². The molecular formula is C21H22N4OS. The van der Waals surface area contributed by atoms with Crippen LogP contribution in [0.3, 0.4) is 0 Å². The molecule has 0 radical (unpaired) electrons. The fourth-order valence-electron chi connectivity index (χ4n) is 3.34. The van der Waals surface area contributed by atoms with Crippen molar-refractivity contribution in [3.05, 3.63) is 60.2 Å². The van der Waals surface area contributed by atoms with Gasteiger partial charge >= 0.3 is 0 Å². The molecule has 1 aromatic heterocycles. The first-order chi connectivity index (χ1) is 13.3. The third kappa shape index (κ3) is 4.18. The summed E-state index contributed by atoms with van der Waals surface area (Å²) < 4.78 is 5.59. The van der Waals surface area contributed by atoms with E-state index in [0.717, 1.165) is 47.2 Å². The predicted molar refractivity (Wildman–Crippen MR) is 114 cm³/mol. The number of H-pyrrole nitrogens is 1. The first kappa shape index (κ1) is 17.7. The van der Waals surface area contributed by atoms with E-state index in [2.05, 4.69) is 45.1 Å². The molecule has 0 aliphatic carbocycles. The molecule has 1 atom stereocenters. The summed E-state index contributed by atoms with van der Waals surface area (Å²) in [5.74, 6) is 0. The topological polar surface area (TPSA) is 61.4 Å². The van der Waals surface area contributed by atoms with Gasteiger partial charge in [-0.2, -0.15) is 5.10 Å². The summed E-state index contributed by atoms with van der Waals surface area (Å²) >= 11 is 5.31. The van der Waals surface area contributed by atoms with Crippen LogP contribution in [0.2, 0.25) is 0 Å². The van der Waals surface area contributed by atoms with Crippen LogP contribution in [0.15, 0.2) is 59.7 Å². The fraction of sp³-hybridized carbons (Fsp3) is 0.238. The van der Waals surface area contributed by atoms with Gasteiger partial charge in [0, 0.05) is 29.6 Å². The average Bonchev–Trinajstić information content (AvgIpc) is 3.35. The lowest BCUT2D eigenvalue weighted by Crippen LogP contribution is -2.37. The number of benzene rings is 2. The van der Waals surface area contributed by atoms with Crippen LogP contribution in [0.4, 0.5) is 0 Å². The maximum absolute atomic E-state index is 5.59. The minimum atomic E-state index is 0.243. The molecule has 1 aliphatic heterocycles. The van der Waals surface area contributed by atoms with E-state index >= 15 is 0 Å². The number of thiocarbonyl (C=S) groups is 1. The number of hydrazone groups is 1. The van der Waals surface area contributed by atoms with E-state index in [-0.39, 0.29) is 6.10 Å². The van der Waals surface area contributed by atoms with E-state index in [1.165, 1.54) is 0 Å².